The highest BCUT2D eigenvalue weighted by molar-refractivity contribution is 7.90. The zero-order chi connectivity index (χ0) is 15.0. The molecule has 0 saturated heterocycles. The molecule has 106 valence electrons. The first kappa shape index (κ1) is 13.4. The maximum Gasteiger partial charge on any atom is 0.268 e. The van der Waals surface area contributed by atoms with Gasteiger partial charge in [0.05, 0.1) is 10.4 Å². The molecule has 0 atom stereocenters. The topological polar surface area (TPSA) is 82.2 Å². The van der Waals surface area contributed by atoms with E-state index in [0.717, 1.165) is 3.97 Å². The average molecular weight is 300 g/mol. The summed E-state index contributed by atoms with van der Waals surface area (Å²) in [6, 6.07) is 16.3. The molecule has 0 aliphatic carbocycles. The Morgan fingerprint density at radius 1 is 0.952 bits per heavy atom. The third-order valence-corrected chi connectivity index (χ3v) is 4.94. The summed E-state index contributed by atoms with van der Waals surface area (Å²) in [7, 11) is -3.88. The Morgan fingerprint density at radius 2 is 1.57 bits per heavy atom. The molecule has 21 heavy (non-hydrogen) atoms. The predicted molar refractivity (Wildman–Crippen MR) is 79.5 cm³/mol. The highest BCUT2D eigenvalue weighted by Crippen LogP contribution is 2.25. The van der Waals surface area contributed by atoms with Gasteiger partial charge in [0.2, 0.25) is 0 Å². The molecule has 3 rings (SSSR count). The molecule has 0 aliphatic rings. The van der Waals surface area contributed by atoms with Crippen LogP contribution >= 0.6 is 0 Å². The molecule has 0 aliphatic heterocycles. The van der Waals surface area contributed by atoms with Gasteiger partial charge >= 0.3 is 0 Å². The first-order chi connectivity index (χ1) is 10.0. The van der Waals surface area contributed by atoms with Crippen molar-refractivity contribution in [3.8, 4) is 0 Å². The van der Waals surface area contributed by atoms with Crippen molar-refractivity contribution in [2.45, 2.75) is 4.90 Å². The normalized spacial score (nSPS) is 11.6. The van der Waals surface area contributed by atoms with E-state index in [0.29, 0.717) is 10.9 Å². The Morgan fingerprint density at radius 3 is 2.24 bits per heavy atom. The van der Waals surface area contributed by atoms with Crippen molar-refractivity contribution >= 4 is 26.8 Å². The first-order valence-electron chi connectivity index (χ1n) is 6.23. The number of rotatable bonds is 3. The number of para-hydroxylation sites is 1. The van der Waals surface area contributed by atoms with Crippen LogP contribution in [0.15, 0.2) is 65.6 Å². The summed E-state index contributed by atoms with van der Waals surface area (Å²) in [5.41, 5.74) is 5.70. The Hall–Kier alpha value is -2.60. The standard InChI is InChI=1S/C15H12N2O3S/c16-15(18)14-10-11-6-4-5-9-13(11)17(14)21(19,20)12-7-2-1-3-8-12/h1-10H,(H2,16,18). The van der Waals surface area contributed by atoms with E-state index < -0.39 is 15.9 Å². The number of nitrogens with two attached hydrogens (primary N) is 1. The van der Waals surface area contributed by atoms with E-state index in [9.17, 15) is 13.2 Å². The van der Waals surface area contributed by atoms with Crippen molar-refractivity contribution < 1.29 is 13.2 Å². The van der Waals surface area contributed by atoms with Crippen molar-refractivity contribution in [1.82, 2.24) is 3.97 Å². The Kier molecular flexibility index (Phi) is 3.03. The van der Waals surface area contributed by atoms with Gasteiger partial charge in [-0.15, -0.1) is 0 Å². The molecule has 2 aromatic carbocycles. The van der Waals surface area contributed by atoms with E-state index in [4.69, 9.17) is 5.73 Å². The van der Waals surface area contributed by atoms with E-state index in [1.807, 2.05) is 0 Å². The molecule has 1 aromatic heterocycles. The van der Waals surface area contributed by atoms with Gasteiger partial charge in [-0.25, -0.2) is 12.4 Å². The van der Waals surface area contributed by atoms with Gasteiger partial charge in [0.1, 0.15) is 5.69 Å². The van der Waals surface area contributed by atoms with Crippen molar-refractivity contribution in [3.63, 3.8) is 0 Å². The van der Waals surface area contributed by atoms with Gasteiger partial charge in [0, 0.05) is 5.39 Å². The molecule has 0 saturated carbocycles. The zero-order valence-electron chi connectivity index (χ0n) is 10.9. The van der Waals surface area contributed by atoms with Crippen molar-refractivity contribution in [2.75, 3.05) is 0 Å². The van der Waals surface area contributed by atoms with E-state index in [1.54, 1.807) is 42.5 Å². The van der Waals surface area contributed by atoms with Gasteiger partial charge in [-0.05, 0) is 24.3 Å². The van der Waals surface area contributed by atoms with Gasteiger partial charge in [-0.1, -0.05) is 36.4 Å². The summed E-state index contributed by atoms with van der Waals surface area (Å²) in [5.74, 6) is -0.786. The molecular formula is C15H12N2O3S. The number of benzene rings is 2. The summed E-state index contributed by atoms with van der Waals surface area (Å²) in [6.45, 7) is 0. The number of aromatic nitrogens is 1. The molecule has 5 nitrogen and oxygen atoms in total. The van der Waals surface area contributed by atoms with Crippen LogP contribution in [-0.4, -0.2) is 18.3 Å². The monoisotopic (exact) mass is 300 g/mol. The van der Waals surface area contributed by atoms with Crippen LogP contribution in [0.1, 0.15) is 10.5 Å². The predicted octanol–water partition coefficient (Wildman–Crippen LogP) is 1.98. The minimum Gasteiger partial charge on any atom is -0.364 e. The van der Waals surface area contributed by atoms with Crippen LogP contribution in [0.25, 0.3) is 10.9 Å². The van der Waals surface area contributed by atoms with Gasteiger partial charge in [0.25, 0.3) is 15.9 Å². The Balaban J connectivity index is 2.39. The SMILES string of the molecule is NC(=O)c1cc2ccccc2n1S(=O)(=O)c1ccccc1. The number of carbonyl (C=O) groups is 1. The quantitative estimate of drug-likeness (QED) is 0.803. The van der Waals surface area contributed by atoms with Crippen LogP contribution in [0, 0.1) is 0 Å². The molecule has 3 aromatic rings. The summed E-state index contributed by atoms with van der Waals surface area (Å²) < 4.78 is 26.6. The van der Waals surface area contributed by atoms with Gasteiger partial charge < -0.3 is 5.73 Å². The highest BCUT2D eigenvalue weighted by Gasteiger charge is 2.24. The van der Waals surface area contributed by atoms with Crippen LogP contribution in [0.4, 0.5) is 0 Å². The lowest BCUT2D eigenvalue weighted by Gasteiger charge is -2.10. The van der Waals surface area contributed by atoms with Gasteiger partial charge in [-0.3, -0.25) is 4.79 Å². The Labute approximate surface area is 121 Å². The minimum absolute atomic E-state index is 0.0555. The fourth-order valence-electron chi connectivity index (χ4n) is 2.26. The molecule has 0 unspecified atom stereocenters. The number of nitrogens with zero attached hydrogens (tertiary/aromatic N) is 1. The first-order valence-corrected chi connectivity index (χ1v) is 7.67. The lowest BCUT2D eigenvalue weighted by atomic mass is 10.2. The summed E-state index contributed by atoms with van der Waals surface area (Å²) in [6.07, 6.45) is 0. The largest absolute Gasteiger partial charge is 0.364 e. The second-order valence-electron chi connectivity index (χ2n) is 4.54. The fourth-order valence-corrected chi connectivity index (χ4v) is 3.80. The van der Waals surface area contributed by atoms with E-state index in [1.165, 1.54) is 18.2 Å². The molecule has 0 fully saturated rings. The summed E-state index contributed by atoms with van der Waals surface area (Å²) >= 11 is 0. The number of amides is 1. The summed E-state index contributed by atoms with van der Waals surface area (Å²) in [5, 5.41) is 0.644. The number of hydrogen-bond acceptors (Lipinski definition) is 3. The molecule has 0 bridgehead atoms. The maximum atomic E-state index is 12.8. The molecular weight excluding hydrogens is 288 g/mol. The summed E-state index contributed by atoms with van der Waals surface area (Å²) in [4.78, 5) is 11.7. The third kappa shape index (κ3) is 2.09. The second-order valence-corrected chi connectivity index (χ2v) is 6.32. The van der Waals surface area contributed by atoms with Crippen LogP contribution in [0.2, 0.25) is 0 Å². The van der Waals surface area contributed by atoms with Crippen LogP contribution in [0.3, 0.4) is 0 Å². The highest BCUT2D eigenvalue weighted by atomic mass is 32.2. The lowest BCUT2D eigenvalue weighted by Crippen LogP contribution is -2.22. The molecule has 2 N–H and O–H groups in total. The van der Waals surface area contributed by atoms with E-state index >= 15 is 0 Å². The maximum absolute atomic E-state index is 12.8. The van der Waals surface area contributed by atoms with Crippen molar-refractivity contribution in [2.24, 2.45) is 5.73 Å². The fraction of sp³-hybridized carbons (Fsp3) is 0. The number of carbonyl (C=O) groups excluding carboxylic acids is 1. The molecule has 1 amide bonds. The Bertz CT molecular complexity index is 928. The van der Waals surface area contributed by atoms with E-state index in [2.05, 4.69) is 0 Å². The van der Waals surface area contributed by atoms with Crippen LogP contribution < -0.4 is 5.73 Å². The van der Waals surface area contributed by atoms with Crippen LogP contribution in [0.5, 0.6) is 0 Å². The van der Waals surface area contributed by atoms with Crippen LogP contribution in [-0.2, 0) is 10.0 Å². The zero-order valence-corrected chi connectivity index (χ0v) is 11.7. The third-order valence-electron chi connectivity index (χ3n) is 3.20. The second kappa shape index (κ2) is 4.75. The minimum atomic E-state index is -3.88. The van der Waals surface area contributed by atoms with Crippen molar-refractivity contribution in [3.05, 3.63) is 66.4 Å². The molecule has 6 heteroatoms. The van der Waals surface area contributed by atoms with Crippen molar-refractivity contribution in [1.29, 1.82) is 0 Å². The smallest absolute Gasteiger partial charge is 0.268 e. The number of hydrogen-bond donors (Lipinski definition) is 1. The molecule has 0 radical (unpaired) electrons. The molecule has 1 heterocycles. The number of fused-ring (bicyclic) bond motifs is 1. The molecule has 0 spiro atoms. The van der Waals surface area contributed by atoms with Gasteiger partial charge in [0.15, 0.2) is 0 Å². The lowest BCUT2D eigenvalue weighted by molar-refractivity contribution is 0.0995. The number of primary amides is 1. The van der Waals surface area contributed by atoms with Gasteiger partial charge in [-0.2, -0.15) is 0 Å². The van der Waals surface area contributed by atoms with E-state index in [-0.39, 0.29) is 10.6 Å². The average Bonchev–Trinajstić information content (AvgIpc) is 2.88.